The van der Waals surface area contributed by atoms with E-state index in [1.54, 1.807) is 29.7 Å². The molecule has 1 saturated heterocycles. The third-order valence-corrected chi connectivity index (χ3v) is 7.21. The van der Waals surface area contributed by atoms with E-state index in [0.29, 0.717) is 30.9 Å². The molecule has 8 heteroatoms. The summed E-state index contributed by atoms with van der Waals surface area (Å²) in [7, 11) is 0. The molecule has 1 fully saturated rings. The van der Waals surface area contributed by atoms with E-state index in [1.807, 2.05) is 51.1 Å². The van der Waals surface area contributed by atoms with Crippen molar-refractivity contribution in [2.75, 3.05) is 6.54 Å². The fourth-order valence-electron chi connectivity index (χ4n) is 5.57. The zero-order chi connectivity index (χ0) is 27.3. The van der Waals surface area contributed by atoms with Crippen molar-refractivity contribution in [2.24, 2.45) is 5.92 Å². The van der Waals surface area contributed by atoms with Crippen molar-refractivity contribution in [2.45, 2.75) is 58.3 Å². The number of carbonyl (C=O) groups is 2. The molecule has 1 aliphatic heterocycles. The Hall–Kier alpha value is -3.93. The Morgan fingerprint density at radius 3 is 2.68 bits per heavy atom. The van der Waals surface area contributed by atoms with Crippen LogP contribution in [0, 0.1) is 25.2 Å². The van der Waals surface area contributed by atoms with Gasteiger partial charge in [-0.25, -0.2) is 5.48 Å². The molecule has 38 heavy (non-hydrogen) atoms. The van der Waals surface area contributed by atoms with Gasteiger partial charge in [0.15, 0.2) is 0 Å². The van der Waals surface area contributed by atoms with E-state index in [2.05, 4.69) is 21.1 Å². The Morgan fingerprint density at radius 1 is 1.24 bits per heavy atom. The average Bonchev–Trinajstić information content (AvgIpc) is 2.89. The maximum absolute atomic E-state index is 13.3. The maximum Gasteiger partial charge on any atom is 0.252 e. The second kappa shape index (κ2) is 11.6. The number of nitrogens with one attached hydrogen (secondary N) is 2. The second-order valence-corrected chi connectivity index (χ2v) is 10.2. The van der Waals surface area contributed by atoms with Crippen molar-refractivity contribution in [1.29, 1.82) is 0 Å². The number of fused-ring (bicyclic) bond motifs is 1. The number of benzene rings is 2. The van der Waals surface area contributed by atoms with Gasteiger partial charge in [-0.3, -0.25) is 24.7 Å². The largest absolute Gasteiger partial charge is 0.489 e. The maximum atomic E-state index is 13.3. The van der Waals surface area contributed by atoms with Gasteiger partial charge in [0, 0.05) is 34.7 Å². The molecule has 3 N–H and O–H groups in total. The molecular formula is C30H34N4O4. The Labute approximate surface area is 223 Å². The summed E-state index contributed by atoms with van der Waals surface area (Å²) in [6, 6.07) is 17.1. The zero-order valence-corrected chi connectivity index (χ0v) is 22.0. The van der Waals surface area contributed by atoms with Gasteiger partial charge in [0.25, 0.3) is 5.91 Å². The number of likely N-dealkylation sites (tertiary alicyclic amines) is 1. The van der Waals surface area contributed by atoms with Crippen molar-refractivity contribution in [3.05, 3.63) is 71.4 Å². The van der Waals surface area contributed by atoms with Crippen molar-refractivity contribution in [3.8, 4) is 18.1 Å². The lowest BCUT2D eigenvalue weighted by atomic mass is 9.81. The highest BCUT2D eigenvalue weighted by Gasteiger charge is 2.43. The van der Waals surface area contributed by atoms with E-state index in [1.165, 1.54) is 0 Å². The number of para-hydroxylation sites is 1. The van der Waals surface area contributed by atoms with Gasteiger partial charge in [0.1, 0.15) is 12.4 Å². The van der Waals surface area contributed by atoms with E-state index in [4.69, 9.17) is 16.4 Å². The number of pyridine rings is 1. The van der Waals surface area contributed by atoms with Crippen LogP contribution in [-0.4, -0.2) is 45.2 Å². The fraction of sp³-hybridized carbons (Fsp3) is 0.367. The Bertz CT molecular complexity index is 1350. The van der Waals surface area contributed by atoms with E-state index >= 15 is 0 Å². The molecule has 0 bridgehead atoms. The highest BCUT2D eigenvalue weighted by Crippen LogP contribution is 2.35. The highest BCUT2D eigenvalue weighted by molar-refractivity contribution is 5.94. The van der Waals surface area contributed by atoms with Crippen LogP contribution in [0.25, 0.3) is 10.9 Å². The molecule has 3 unspecified atom stereocenters. The predicted molar refractivity (Wildman–Crippen MR) is 145 cm³/mol. The minimum absolute atomic E-state index is 0.0137. The molecule has 3 aromatic rings. The third kappa shape index (κ3) is 6.13. The molecule has 1 aromatic heterocycles. The number of carbonyl (C=O) groups excluding carboxylic acids is 2. The third-order valence-electron chi connectivity index (χ3n) is 7.21. The predicted octanol–water partition coefficient (Wildman–Crippen LogP) is 4.20. The second-order valence-electron chi connectivity index (χ2n) is 10.2. The number of hydrogen-bond donors (Lipinski definition) is 3. The summed E-state index contributed by atoms with van der Waals surface area (Å²) in [4.78, 5) is 31.7. The van der Waals surface area contributed by atoms with Crippen LogP contribution in [0.5, 0.6) is 5.75 Å². The lowest BCUT2D eigenvalue weighted by Gasteiger charge is -2.50. The standard InChI is InChI=1S/C30H34N4O4/c1-5-14-34-21(3)16-22(17-28(35)33-37)18-30(34,4)32-29(36)23-10-12-25(13-11-23)38-19-24-15-20(2)31-27-9-7-6-8-26(24)27/h1,6-13,15,21-22,37H,14,16-19H2,2-4H3,(H,32,36)(H,33,35). The number of piperidine rings is 1. The van der Waals surface area contributed by atoms with Crippen LogP contribution in [0.2, 0.25) is 0 Å². The van der Waals surface area contributed by atoms with Crippen molar-refractivity contribution in [3.63, 3.8) is 0 Å². The molecule has 0 aliphatic carbocycles. The number of aryl methyl sites for hydroxylation is 1. The first kappa shape index (κ1) is 27.1. The summed E-state index contributed by atoms with van der Waals surface area (Å²) < 4.78 is 6.04. The number of aromatic nitrogens is 1. The summed E-state index contributed by atoms with van der Waals surface area (Å²) in [5.41, 5.74) is 4.36. The molecule has 2 aromatic carbocycles. The van der Waals surface area contributed by atoms with Gasteiger partial charge in [-0.05, 0) is 75.9 Å². The van der Waals surface area contributed by atoms with E-state index in [9.17, 15) is 9.59 Å². The summed E-state index contributed by atoms with van der Waals surface area (Å²) in [5.74, 6) is 2.65. The van der Waals surface area contributed by atoms with Crippen LogP contribution in [0.3, 0.4) is 0 Å². The lowest BCUT2D eigenvalue weighted by Crippen LogP contribution is -2.65. The van der Waals surface area contributed by atoms with Crippen molar-refractivity contribution >= 4 is 22.7 Å². The molecule has 2 amide bonds. The van der Waals surface area contributed by atoms with Gasteiger partial charge in [0.2, 0.25) is 5.91 Å². The van der Waals surface area contributed by atoms with Crippen LogP contribution in [-0.2, 0) is 11.4 Å². The molecule has 0 saturated carbocycles. The summed E-state index contributed by atoms with van der Waals surface area (Å²) in [6.07, 6.45) is 7.07. The molecular weight excluding hydrogens is 480 g/mol. The number of nitrogens with zero attached hydrogens (tertiary/aromatic N) is 2. The Morgan fingerprint density at radius 2 is 1.97 bits per heavy atom. The number of terminal acetylenes is 1. The summed E-state index contributed by atoms with van der Waals surface area (Å²) >= 11 is 0. The van der Waals surface area contributed by atoms with Gasteiger partial charge < -0.3 is 10.1 Å². The van der Waals surface area contributed by atoms with Crippen LogP contribution in [0.4, 0.5) is 0 Å². The summed E-state index contributed by atoms with van der Waals surface area (Å²) in [5, 5.41) is 13.2. The van der Waals surface area contributed by atoms with Gasteiger partial charge in [-0.15, -0.1) is 6.42 Å². The number of hydrogen-bond acceptors (Lipinski definition) is 6. The quantitative estimate of drug-likeness (QED) is 0.237. The number of rotatable bonds is 8. The molecule has 4 rings (SSSR count). The van der Waals surface area contributed by atoms with Crippen LogP contribution in [0.15, 0.2) is 54.6 Å². The minimum atomic E-state index is -0.753. The van der Waals surface area contributed by atoms with Gasteiger partial charge in [-0.1, -0.05) is 24.1 Å². The first-order chi connectivity index (χ1) is 18.2. The van der Waals surface area contributed by atoms with Crippen molar-refractivity contribution in [1.82, 2.24) is 20.7 Å². The van der Waals surface area contributed by atoms with E-state index < -0.39 is 11.6 Å². The van der Waals surface area contributed by atoms with Crippen LogP contribution >= 0.6 is 0 Å². The highest BCUT2D eigenvalue weighted by atomic mass is 16.5. The number of amides is 2. The van der Waals surface area contributed by atoms with Crippen LogP contribution < -0.4 is 15.5 Å². The molecule has 8 nitrogen and oxygen atoms in total. The Balaban J connectivity index is 1.45. The van der Waals surface area contributed by atoms with Crippen LogP contribution in [0.1, 0.15) is 54.7 Å². The molecule has 198 valence electrons. The Kier molecular flexibility index (Phi) is 8.30. The lowest BCUT2D eigenvalue weighted by molar-refractivity contribution is -0.131. The first-order valence-electron chi connectivity index (χ1n) is 12.8. The average molecular weight is 515 g/mol. The van der Waals surface area contributed by atoms with E-state index in [-0.39, 0.29) is 24.3 Å². The van der Waals surface area contributed by atoms with E-state index in [0.717, 1.165) is 28.6 Å². The molecule has 1 aliphatic rings. The van der Waals surface area contributed by atoms with Gasteiger partial charge >= 0.3 is 0 Å². The topological polar surface area (TPSA) is 104 Å². The SMILES string of the molecule is C#CCN1C(C)CC(CC(=O)NO)CC1(C)NC(=O)c1ccc(OCc2cc(C)nc3ccccc23)cc1. The molecule has 0 radical (unpaired) electrons. The van der Waals surface area contributed by atoms with Gasteiger partial charge in [0.05, 0.1) is 17.7 Å². The molecule has 2 heterocycles. The normalized spacial score (nSPS) is 21.4. The number of ether oxygens (including phenoxy) is 1. The first-order valence-corrected chi connectivity index (χ1v) is 12.8. The molecule has 0 spiro atoms. The monoisotopic (exact) mass is 514 g/mol. The smallest absolute Gasteiger partial charge is 0.252 e. The molecule has 3 atom stereocenters. The zero-order valence-electron chi connectivity index (χ0n) is 22.0. The summed E-state index contributed by atoms with van der Waals surface area (Å²) in [6.45, 7) is 6.68. The van der Waals surface area contributed by atoms with Crippen molar-refractivity contribution < 1.29 is 19.5 Å². The minimum Gasteiger partial charge on any atom is -0.489 e. The fourth-order valence-corrected chi connectivity index (χ4v) is 5.57. The number of hydroxylamine groups is 1. The van der Waals surface area contributed by atoms with Gasteiger partial charge in [-0.2, -0.15) is 0 Å².